The zero-order valence-electron chi connectivity index (χ0n) is 8.33. The molecule has 2 amide bonds. The third-order valence-electron chi connectivity index (χ3n) is 1.30. The first-order chi connectivity index (χ1) is 6.51. The molecule has 0 rings (SSSR count). The van der Waals surface area contributed by atoms with E-state index < -0.39 is 11.8 Å². The van der Waals surface area contributed by atoms with Crippen molar-refractivity contribution >= 4 is 17.8 Å². The van der Waals surface area contributed by atoms with E-state index in [0.717, 1.165) is 12.2 Å². The third kappa shape index (κ3) is 4.20. The lowest BCUT2D eigenvalue weighted by Crippen LogP contribution is -2.47. The van der Waals surface area contributed by atoms with Crippen LogP contribution in [0.4, 0.5) is 0 Å². The molecule has 0 fully saturated rings. The Balaban J connectivity index is 4.56. The van der Waals surface area contributed by atoms with Crippen molar-refractivity contribution in [2.45, 2.75) is 0 Å². The maximum absolute atomic E-state index is 10.9. The van der Waals surface area contributed by atoms with Gasteiger partial charge in [-0.05, 0) is 0 Å². The Morgan fingerprint density at radius 3 is 1.64 bits per heavy atom. The van der Waals surface area contributed by atoms with E-state index in [4.69, 9.17) is 0 Å². The highest BCUT2D eigenvalue weighted by Crippen LogP contribution is 1.72. The fourth-order valence-electron chi connectivity index (χ4n) is 0.590. The predicted molar refractivity (Wildman–Crippen MR) is 53.8 cm³/mol. The number of amides is 2. The lowest BCUT2D eigenvalue weighted by atomic mass is 10.5. The number of guanidine groups is 1. The van der Waals surface area contributed by atoms with E-state index in [0.29, 0.717) is 0 Å². The van der Waals surface area contributed by atoms with Gasteiger partial charge in [-0.1, -0.05) is 13.2 Å². The first kappa shape index (κ1) is 12.1. The molecule has 5 nitrogen and oxygen atoms in total. The van der Waals surface area contributed by atoms with Crippen LogP contribution < -0.4 is 10.6 Å². The topological polar surface area (TPSA) is 61.2 Å². The molecule has 0 radical (unpaired) electrons. The summed E-state index contributed by atoms with van der Waals surface area (Å²) in [7, 11) is 3.37. The normalized spacial score (nSPS) is 8.43. The van der Waals surface area contributed by atoms with Crippen LogP contribution in [0.1, 0.15) is 0 Å². The summed E-state index contributed by atoms with van der Waals surface area (Å²) in [5.41, 5.74) is 0. The van der Waals surface area contributed by atoms with E-state index >= 15 is 0 Å². The number of hydrogen-bond donors (Lipinski definition) is 2. The van der Waals surface area contributed by atoms with Crippen LogP contribution in [0, 0.1) is 0 Å². The summed E-state index contributed by atoms with van der Waals surface area (Å²) in [5, 5.41) is 4.87. The molecule has 0 saturated heterocycles. The molecule has 0 aromatic carbocycles. The minimum Gasteiger partial charge on any atom is -0.270 e. The first-order valence-corrected chi connectivity index (χ1v) is 3.92. The molecule has 0 saturated carbocycles. The molecule has 0 unspecified atom stereocenters. The van der Waals surface area contributed by atoms with Crippen molar-refractivity contribution in [3.8, 4) is 0 Å². The molecule has 0 aromatic rings. The van der Waals surface area contributed by atoms with E-state index in [9.17, 15) is 9.59 Å². The second kappa shape index (κ2) is 5.69. The molecule has 0 aromatic heterocycles. The van der Waals surface area contributed by atoms with Crippen LogP contribution in [0.3, 0.4) is 0 Å². The Hall–Kier alpha value is -1.91. The minimum absolute atomic E-state index is 0.278. The van der Waals surface area contributed by atoms with Gasteiger partial charge in [-0.15, -0.1) is 0 Å². The van der Waals surface area contributed by atoms with Crippen molar-refractivity contribution in [1.29, 1.82) is 0 Å². The number of nitrogens with zero attached hydrogens (tertiary/aromatic N) is 1. The molecule has 0 aliphatic heterocycles. The molecule has 0 heterocycles. The average Bonchev–Trinajstić information content (AvgIpc) is 2.16. The van der Waals surface area contributed by atoms with Crippen LogP contribution in [0.2, 0.25) is 0 Å². The van der Waals surface area contributed by atoms with Crippen LogP contribution in [-0.2, 0) is 9.59 Å². The third-order valence-corrected chi connectivity index (χ3v) is 1.30. The zero-order valence-corrected chi connectivity index (χ0v) is 8.33. The molecule has 0 bridgehead atoms. The molecule has 0 aliphatic carbocycles. The second-order valence-corrected chi connectivity index (χ2v) is 2.63. The van der Waals surface area contributed by atoms with Crippen LogP contribution in [0.15, 0.2) is 25.3 Å². The molecule has 2 N–H and O–H groups in total. The van der Waals surface area contributed by atoms with Crippen molar-refractivity contribution in [3.63, 3.8) is 0 Å². The molecule has 5 heteroatoms. The van der Waals surface area contributed by atoms with Crippen molar-refractivity contribution in [1.82, 2.24) is 10.6 Å². The molecule has 0 atom stereocenters. The van der Waals surface area contributed by atoms with E-state index in [1.807, 2.05) is 0 Å². The van der Waals surface area contributed by atoms with E-state index in [1.165, 1.54) is 0 Å². The highest BCUT2D eigenvalue weighted by Gasteiger charge is 2.13. The van der Waals surface area contributed by atoms with E-state index in [1.54, 1.807) is 18.7 Å². The Morgan fingerprint density at radius 2 is 1.43 bits per heavy atom. The van der Waals surface area contributed by atoms with Crippen molar-refractivity contribution in [2.75, 3.05) is 14.1 Å². The smallest absolute Gasteiger partial charge is 0.270 e. The van der Waals surface area contributed by atoms with Crippen molar-refractivity contribution in [3.05, 3.63) is 25.3 Å². The van der Waals surface area contributed by atoms with Crippen molar-refractivity contribution in [2.24, 2.45) is 0 Å². The molecule has 76 valence electrons. The van der Waals surface area contributed by atoms with Gasteiger partial charge in [0.2, 0.25) is 0 Å². The summed E-state index contributed by atoms with van der Waals surface area (Å²) < 4.78 is 1.56. The van der Waals surface area contributed by atoms with Gasteiger partial charge >= 0.3 is 17.8 Å². The predicted octanol–water partition coefficient (Wildman–Crippen LogP) is -0.781. The number of rotatable bonds is 2. The molecule has 0 spiro atoms. The quantitative estimate of drug-likeness (QED) is 0.263. The van der Waals surface area contributed by atoms with Gasteiger partial charge in [-0.3, -0.25) is 14.2 Å². The number of nitrogens with one attached hydrogen (secondary N) is 2. The molecule has 0 aliphatic rings. The maximum atomic E-state index is 10.9. The van der Waals surface area contributed by atoms with Gasteiger partial charge in [0.25, 0.3) is 0 Å². The minimum atomic E-state index is -0.391. The maximum Gasteiger partial charge on any atom is 0.360 e. The van der Waals surface area contributed by atoms with Crippen LogP contribution in [0.25, 0.3) is 0 Å². The van der Waals surface area contributed by atoms with Gasteiger partial charge in [0.15, 0.2) is 0 Å². The van der Waals surface area contributed by atoms with E-state index in [-0.39, 0.29) is 5.96 Å². The number of carbonyl (C=O) groups is 2. The summed E-state index contributed by atoms with van der Waals surface area (Å²) in [6.07, 6.45) is 2.23. The Morgan fingerprint density at radius 1 is 1.07 bits per heavy atom. The Bertz CT molecular complexity index is 277. The summed E-state index contributed by atoms with van der Waals surface area (Å²) in [6, 6.07) is 0. The first-order valence-electron chi connectivity index (χ1n) is 3.92. The zero-order chi connectivity index (χ0) is 11.1. The van der Waals surface area contributed by atoms with Gasteiger partial charge < -0.3 is 0 Å². The number of hydrogen-bond acceptors (Lipinski definition) is 2. The van der Waals surface area contributed by atoms with Gasteiger partial charge in [-0.25, -0.2) is 10.6 Å². The summed E-state index contributed by atoms with van der Waals surface area (Å²) >= 11 is 0. The lowest BCUT2D eigenvalue weighted by molar-refractivity contribution is -0.468. The largest absolute Gasteiger partial charge is 0.360 e. The lowest BCUT2D eigenvalue weighted by Gasteiger charge is -2.02. The fraction of sp³-hybridized carbons (Fsp3) is 0.222. The average molecular weight is 196 g/mol. The second-order valence-electron chi connectivity index (χ2n) is 2.63. The standard InChI is InChI=1S/C9H13N3O2/c1-5-7(13)10-9(12(3)4)11-8(14)6-2/h5-6H,1-2H2,3-4H3,(H,10,11,13,14)/p+1. The van der Waals surface area contributed by atoms with E-state index in [2.05, 4.69) is 23.8 Å². The highest BCUT2D eigenvalue weighted by atomic mass is 16.2. The summed E-state index contributed by atoms with van der Waals surface area (Å²) in [5.74, 6) is -0.504. The van der Waals surface area contributed by atoms with Gasteiger partial charge in [0, 0.05) is 12.2 Å². The van der Waals surface area contributed by atoms with Gasteiger partial charge in [-0.2, -0.15) is 0 Å². The van der Waals surface area contributed by atoms with Crippen LogP contribution in [0.5, 0.6) is 0 Å². The Labute approximate surface area is 82.8 Å². The molecular formula is C9H14N3O2+. The number of carbonyl (C=O) groups excluding carboxylic acids is 2. The summed E-state index contributed by atoms with van der Waals surface area (Å²) in [4.78, 5) is 21.9. The summed E-state index contributed by atoms with van der Waals surface area (Å²) in [6.45, 7) is 6.59. The Kier molecular flexibility index (Phi) is 4.91. The highest BCUT2D eigenvalue weighted by molar-refractivity contribution is 6.07. The molecule has 14 heavy (non-hydrogen) atoms. The monoisotopic (exact) mass is 196 g/mol. The van der Waals surface area contributed by atoms with Crippen LogP contribution >= 0.6 is 0 Å². The van der Waals surface area contributed by atoms with Gasteiger partial charge in [0.05, 0.1) is 14.1 Å². The fourth-order valence-corrected chi connectivity index (χ4v) is 0.590. The molecular weight excluding hydrogens is 182 g/mol. The van der Waals surface area contributed by atoms with Gasteiger partial charge in [0.1, 0.15) is 0 Å². The SMILES string of the molecule is C=CC(=O)NC(NC(=O)C=C)=[N+](C)C. The van der Waals surface area contributed by atoms with Crippen molar-refractivity contribution < 1.29 is 14.2 Å². The van der Waals surface area contributed by atoms with Crippen LogP contribution in [-0.4, -0.2) is 36.4 Å².